The molecule has 1 unspecified atom stereocenters. The lowest BCUT2D eigenvalue weighted by molar-refractivity contribution is 1.00. The first-order chi connectivity index (χ1) is 14.2. The Morgan fingerprint density at radius 3 is 2.72 bits per heavy atom. The summed E-state index contributed by atoms with van der Waals surface area (Å²) in [5.41, 5.74) is 3.21. The zero-order chi connectivity index (χ0) is 19.8. The number of benzene rings is 2. The Hall–Kier alpha value is -3.10. The summed E-state index contributed by atoms with van der Waals surface area (Å²) in [6.45, 7) is 2.04. The minimum Gasteiger partial charge on any atom is -0.358 e. The monoisotopic (exact) mass is 421 g/mol. The van der Waals surface area contributed by atoms with Crippen molar-refractivity contribution in [3.63, 3.8) is 0 Å². The summed E-state index contributed by atoms with van der Waals surface area (Å²) in [5.74, 6) is 1.42. The Balaban J connectivity index is 1.55. The molecular formula is C20H16ClN7S. The van der Waals surface area contributed by atoms with Gasteiger partial charge in [0.25, 0.3) is 0 Å². The van der Waals surface area contributed by atoms with E-state index >= 15 is 0 Å². The summed E-state index contributed by atoms with van der Waals surface area (Å²) >= 11 is 7.73. The molecule has 2 N–H and O–H groups in total. The lowest BCUT2D eigenvalue weighted by atomic mass is 10.2. The van der Waals surface area contributed by atoms with E-state index in [1.807, 2.05) is 43.3 Å². The van der Waals surface area contributed by atoms with Crippen LogP contribution in [0, 0.1) is 0 Å². The summed E-state index contributed by atoms with van der Waals surface area (Å²) in [6.07, 6.45) is 1.58. The van der Waals surface area contributed by atoms with Gasteiger partial charge < -0.3 is 10.3 Å². The molecule has 7 nitrogen and oxygen atoms in total. The molecule has 5 rings (SSSR count). The van der Waals surface area contributed by atoms with Crippen molar-refractivity contribution in [3.8, 4) is 0 Å². The van der Waals surface area contributed by atoms with Crippen LogP contribution in [0.4, 0.5) is 17.2 Å². The third kappa shape index (κ3) is 3.41. The molecule has 2 aromatic carbocycles. The van der Waals surface area contributed by atoms with E-state index in [0.717, 1.165) is 22.1 Å². The highest BCUT2D eigenvalue weighted by Gasteiger charge is 2.27. The van der Waals surface area contributed by atoms with Crippen LogP contribution in [0.5, 0.6) is 0 Å². The number of imidazole rings is 1. The van der Waals surface area contributed by atoms with E-state index in [1.54, 1.807) is 18.3 Å². The van der Waals surface area contributed by atoms with Crippen molar-refractivity contribution in [3.05, 3.63) is 66.2 Å². The van der Waals surface area contributed by atoms with Crippen molar-refractivity contribution >= 4 is 57.7 Å². The minimum absolute atomic E-state index is 0.154. The number of nitrogens with zero attached hydrogens (tertiary/aromatic N) is 5. The molecule has 0 bridgehead atoms. The Bertz CT molecular complexity index is 1210. The maximum absolute atomic E-state index is 6.09. The molecule has 144 valence electrons. The molecule has 4 aromatic rings. The molecule has 3 heterocycles. The second kappa shape index (κ2) is 7.38. The van der Waals surface area contributed by atoms with Gasteiger partial charge in [0, 0.05) is 0 Å². The Morgan fingerprint density at radius 1 is 1.07 bits per heavy atom. The number of anilines is 2. The first kappa shape index (κ1) is 18.0. The van der Waals surface area contributed by atoms with Crippen molar-refractivity contribution in [2.24, 2.45) is 4.99 Å². The highest BCUT2D eigenvalue weighted by Crippen LogP contribution is 2.40. The third-order valence-corrected chi connectivity index (χ3v) is 5.77. The minimum atomic E-state index is -0.165. The van der Waals surface area contributed by atoms with Gasteiger partial charge >= 0.3 is 0 Å². The maximum atomic E-state index is 6.09. The first-order valence-corrected chi connectivity index (χ1v) is 10.2. The van der Waals surface area contributed by atoms with E-state index in [1.165, 1.54) is 0 Å². The SMILES string of the molecule is CC(Nc1nc(Cl)nc2[nH]cnc12)C1=Nc2ccccc2SN1c1ccccc1. The van der Waals surface area contributed by atoms with Crippen molar-refractivity contribution < 1.29 is 0 Å². The standard InChI is InChI=1S/C20H16ClN7S/c1-12(24-18-16-17(23-11-22-16)26-20(21)27-18)19-25-14-9-5-6-10-15(14)29-28(19)13-7-3-2-4-8-13/h2-12H,1H3,(H2,22,23,24,26,27). The van der Waals surface area contributed by atoms with Gasteiger partial charge in [-0.05, 0) is 54.7 Å². The fraction of sp³-hybridized carbons (Fsp3) is 0.100. The van der Waals surface area contributed by atoms with Crippen LogP contribution in [0.25, 0.3) is 11.2 Å². The molecule has 1 aliphatic heterocycles. The quantitative estimate of drug-likeness (QED) is 0.354. The number of amidine groups is 1. The van der Waals surface area contributed by atoms with E-state index in [2.05, 4.69) is 47.8 Å². The number of aliphatic imine (C=N–C) groups is 1. The fourth-order valence-electron chi connectivity index (χ4n) is 3.14. The number of halogens is 1. The molecule has 0 aliphatic carbocycles. The lowest BCUT2D eigenvalue weighted by Gasteiger charge is -2.32. The van der Waals surface area contributed by atoms with E-state index < -0.39 is 0 Å². The molecule has 2 aromatic heterocycles. The number of fused-ring (bicyclic) bond motifs is 2. The van der Waals surface area contributed by atoms with E-state index in [-0.39, 0.29) is 11.3 Å². The fourth-order valence-corrected chi connectivity index (χ4v) is 4.37. The van der Waals surface area contributed by atoms with Gasteiger partial charge in [0.1, 0.15) is 11.4 Å². The molecule has 0 fully saturated rings. The van der Waals surface area contributed by atoms with Crippen molar-refractivity contribution in [2.75, 3.05) is 9.62 Å². The first-order valence-electron chi connectivity index (χ1n) is 9.03. The number of rotatable bonds is 4. The number of para-hydroxylation sites is 2. The number of aromatic amines is 1. The second-order valence-corrected chi connectivity index (χ2v) is 7.79. The van der Waals surface area contributed by atoms with Crippen LogP contribution in [0.3, 0.4) is 0 Å². The molecule has 0 amide bonds. The van der Waals surface area contributed by atoms with Crippen molar-refractivity contribution in [2.45, 2.75) is 17.9 Å². The van der Waals surface area contributed by atoms with Crippen LogP contribution in [0.1, 0.15) is 6.92 Å². The number of aromatic nitrogens is 4. The lowest BCUT2D eigenvalue weighted by Crippen LogP contribution is -2.39. The van der Waals surface area contributed by atoms with Gasteiger partial charge in [-0.1, -0.05) is 30.3 Å². The zero-order valence-electron chi connectivity index (χ0n) is 15.4. The van der Waals surface area contributed by atoms with Crippen molar-refractivity contribution in [1.82, 2.24) is 19.9 Å². The van der Waals surface area contributed by atoms with E-state index in [0.29, 0.717) is 17.0 Å². The number of hydrogen-bond donors (Lipinski definition) is 2. The highest BCUT2D eigenvalue weighted by atomic mass is 35.5. The molecule has 1 aliphatic rings. The number of hydrogen-bond acceptors (Lipinski definition) is 7. The molecule has 0 spiro atoms. The Morgan fingerprint density at radius 2 is 1.86 bits per heavy atom. The summed E-state index contributed by atoms with van der Waals surface area (Å²) < 4.78 is 2.13. The van der Waals surface area contributed by atoms with Gasteiger partial charge in [-0.25, -0.2) is 9.98 Å². The van der Waals surface area contributed by atoms with Crippen LogP contribution in [-0.2, 0) is 0 Å². The van der Waals surface area contributed by atoms with Gasteiger partial charge in [0.2, 0.25) is 5.28 Å². The van der Waals surface area contributed by atoms with Gasteiger partial charge in [-0.15, -0.1) is 0 Å². The van der Waals surface area contributed by atoms with E-state index in [4.69, 9.17) is 16.6 Å². The van der Waals surface area contributed by atoms with Crippen LogP contribution in [0.15, 0.2) is 70.8 Å². The van der Waals surface area contributed by atoms with Gasteiger partial charge in [0.05, 0.1) is 28.6 Å². The predicted molar refractivity (Wildman–Crippen MR) is 118 cm³/mol. The topological polar surface area (TPSA) is 82.1 Å². The van der Waals surface area contributed by atoms with Crippen molar-refractivity contribution in [1.29, 1.82) is 0 Å². The third-order valence-electron chi connectivity index (χ3n) is 4.48. The Labute approximate surface area is 176 Å². The summed E-state index contributed by atoms with van der Waals surface area (Å²) in [7, 11) is 0. The van der Waals surface area contributed by atoms with E-state index in [9.17, 15) is 0 Å². The molecular weight excluding hydrogens is 406 g/mol. The number of H-pyrrole nitrogens is 1. The smallest absolute Gasteiger partial charge is 0.226 e. The summed E-state index contributed by atoms with van der Waals surface area (Å²) in [6, 6.07) is 18.1. The molecule has 0 saturated carbocycles. The molecule has 0 saturated heterocycles. The predicted octanol–water partition coefficient (Wildman–Crippen LogP) is 5.06. The zero-order valence-corrected chi connectivity index (χ0v) is 16.9. The summed E-state index contributed by atoms with van der Waals surface area (Å²) in [4.78, 5) is 21.8. The van der Waals surface area contributed by atoms with Crippen LogP contribution >= 0.6 is 23.5 Å². The second-order valence-electron chi connectivity index (χ2n) is 6.47. The molecule has 29 heavy (non-hydrogen) atoms. The van der Waals surface area contributed by atoms with Gasteiger partial charge in [0.15, 0.2) is 11.5 Å². The molecule has 1 atom stereocenters. The average molecular weight is 422 g/mol. The molecule has 0 radical (unpaired) electrons. The van der Waals surface area contributed by atoms with Crippen LogP contribution in [0.2, 0.25) is 5.28 Å². The normalized spacial score (nSPS) is 14.4. The maximum Gasteiger partial charge on any atom is 0.226 e. The van der Waals surface area contributed by atoms with Gasteiger partial charge in [-0.2, -0.15) is 9.97 Å². The average Bonchev–Trinajstić information content (AvgIpc) is 3.22. The molecule has 9 heteroatoms. The number of nitrogens with one attached hydrogen (secondary N) is 2. The van der Waals surface area contributed by atoms with Gasteiger partial charge in [-0.3, -0.25) is 4.31 Å². The summed E-state index contributed by atoms with van der Waals surface area (Å²) in [5, 5.41) is 3.56. The van der Waals surface area contributed by atoms with Crippen LogP contribution in [-0.4, -0.2) is 31.8 Å². The van der Waals surface area contributed by atoms with Crippen LogP contribution < -0.4 is 9.62 Å². The Kier molecular flexibility index (Phi) is 4.57. The highest BCUT2D eigenvalue weighted by molar-refractivity contribution is 8.01. The largest absolute Gasteiger partial charge is 0.358 e.